The molecule has 1 aromatic rings. The van der Waals surface area contributed by atoms with Crippen LogP contribution >= 0.6 is 0 Å². The molecule has 0 aromatic heterocycles. The van der Waals surface area contributed by atoms with Crippen LogP contribution < -0.4 is 15.4 Å². The number of hydrogen-bond donors (Lipinski definition) is 2. The van der Waals surface area contributed by atoms with Gasteiger partial charge in [-0.2, -0.15) is 0 Å². The number of rotatable bonds is 7. The first-order valence-electron chi connectivity index (χ1n) is 7.99. The molecule has 3 heteroatoms. The van der Waals surface area contributed by atoms with Crippen molar-refractivity contribution in [3.8, 4) is 5.75 Å². The van der Waals surface area contributed by atoms with E-state index in [1.54, 1.807) is 0 Å². The molecule has 0 fully saturated rings. The monoisotopic (exact) mass is 276 g/mol. The second-order valence-electron chi connectivity index (χ2n) is 5.77. The minimum absolute atomic E-state index is 0.308. The predicted molar refractivity (Wildman–Crippen MR) is 85.7 cm³/mol. The highest BCUT2D eigenvalue weighted by atomic mass is 16.5. The smallest absolute Gasteiger partial charge is 0.142 e. The fraction of sp³-hybridized carbons (Fsp3) is 0.647. The molecule has 2 N–H and O–H groups in total. The van der Waals surface area contributed by atoms with Gasteiger partial charge >= 0.3 is 0 Å². The zero-order chi connectivity index (χ0) is 14.4. The second kappa shape index (κ2) is 7.53. The van der Waals surface area contributed by atoms with E-state index < -0.39 is 0 Å². The molecular formula is C17H28N2O. The van der Waals surface area contributed by atoms with Crippen molar-refractivity contribution >= 4 is 5.69 Å². The Morgan fingerprint density at radius 3 is 3.00 bits per heavy atom. The van der Waals surface area contributed by atoms with Crippen molar-refractivity contribution in [3.05, 3.63) is 23.8 Å². The highest BCUT2D eigenvalue weighted by molar-refractivity contribution is 5.59. The SMILES string of the molecule is CCCCNC(C)Cc1ccc2c(c1)NCC(CC)O2. The molecular weight excluding hydrogens is 248 g/mol. The van der Waals surface area contributed by atoms with E-state index in [1.807, 2.05) is 0 Å². The molecule has 0 spiro atoms. The van der Waals surface area contributed by atoms with Crippen LogP contribution in [0.25, 0.3) is 0 Å². The summed E-state index contributed by atoms with van der Waals surface area (Å²) < 4.78 is 5.94. The Labute approximate surface area is 123 Å². The topological polar surface area (TPSA) is 33.3 Å². The van der Waals surface area contributed by atoms with Gasteiger partial charge in [0.1, 0.15) is 11.9 Å². The third kappa shape index (κ3) is 4.14. The summed E-state index contributed by atoms with van der Waals surface area (Å²) in [5, 5.41) is 7.06. The second-order valence-corrected chi connectivity index (χ2v) is 5.77. The first kappa shape index (κ1) is 15.2. The zero-order valence-electron chi connectivity index (χ0n) is 13.0. The minimum Gasteiger partial charge on any atom is -0.486 e. The molecule has 2 rings (SSSR count). The van der Waals surface area contributed by atoms with E-state index in [0.717, 1.165) is 37.4 Å². The molecule has 2 unspecified atom stereocenters. The molecule has 0 amide bonds. The van der Waals surface area contributed by atoms with Crippen LogP contribution in [-0.4, -0.2) is 25.2 Å². The van der Waals surface area contributed by atoms with Crippen LogP contribution in [0.1, 0.15) is 45.6 Å². The molecule has 1 heterocycles. The molecule has 1 aliphatic heterocycles. The van der Waals surface area contributed by atoms with Gasteiger partial charge in [-0.25, -0.2) is 0 Å². The van der Waals surface area contributed by atoms with E-state index >= 15 is 0 Å². The maximum Gasteiger partial charge on any atom is 0.142 e. The molecule has 112 valence electrons. The van der Waals surface area contributed by atoms with Gasteiger partial charge in [0.05, 0.1) is 12.2 Å². The average molecular weight is 276 g/mol. The summed E-state index contributed by atoms with van der Waals surface area (Å²) in [7, 11) is 0. The Morgan fingerprint density at radius 2 is 2.25 bits per heavy atom. The van der Waals surface area contributed by atoms with Crippen LogP contribution in [0.3, 0.4) is 0 Å². The summed E-state index contributed by atoms with van der Waals surface area (Å²) in [5.74, 6) is 0.999. The van der Waals surface area contributed by atoms with Gasteiger partial charge in [0.15, 0.2) is 0 Å². The number of ether oxygens (including phenoxy) is 1. The molecule has 0 bridgehead atoms. The van der Waals surface area contributed by atoms with Crippen LogP contribution in [0.15, 0.2) is 18.2 Å². The largest absolute Gasteiger partial charge is 0.486 e. The van der Waals surface area contributed by atoms with E-state index in [2.05, 4.69) is 49.6 Å². The van der Waals surface area contributed by atoms with Gasteiger partial charge in [0.25, 0.3) is 0 Å². The van der Waals surface area contributed by atoms with Crippen LogP contribution in [-0.2, 0) is 6.42 Å². The van der Waals surface area contributed by atoms with Crippen molar-refractivity contribution in [2.24, 2.45) is 0 Å². The van der Waals surface area contributed by atoms with Gasteiger partial charge in [-0.15, -0.1) is 0 Å². The van der Waals surface area contributed by atoms with Crippen LogP contribution in [0.5, 0.6) is 5.75 Å². The first-order chi connectivity index (χ1) is 9.72. The van der Waals surface area contributed by atoms with E-state index in [0.29, 0.717) is 12.1 Å². The number of anilines is 1. The molecule has 0 saturated carbocycles. The molecule has 1 aromatic carbocycles. The summed E-state index contributed by atoms with van der Waals surface area (Å²) in [6, 6.07) is 7.06. The van der Waals surface area contributed by atoms with Crippen molar-refractivity contribution in [1.82, 2.24) is 5.32 Å². The third-order valence-corrected chi connectivity index (χ3v) is 3.88. The van der Waals surface area contributed by atoms with Crippen molar-refractivity contribution in [1.29, 1.82) is 0 Å². The average Bonchev–Trinajstić information content (AvgIpc) is 2.47. The highest BCUT2D eigenvalue weighted by Gasteiger charge is 2.17. The number of benzene rings is 1. The Kier molecular flexibility index (Phi) is 5.72. The summed E-state index contributed by atoms with van der Waals surface area (Å²) in [6.07, 6.45) is 4.92. The standard InChI is InChI=1S/C17H28N2O/c1-4-6-9-18-13(3)10-14-7-8-17-16(11-14)19-12-15(5-2)20-17/h7-8,11,13,15,18-19H,4-6,9-10,12H2,1-3H3. The molecule has 0 radical (unpaired) electrons. The van der Waals surface area contributed by atoms with Crippen molar-refractivity contribution in [2.75, 3.05) is 18.4 Å². The zero-order valence-corrected chi connectivity index (χ0v) is 13.0. The first-order valence-corrected chi connectivity index (χ1v) is 7.99. The summed E-state index contributed by atoms with van der Waals surface area (Å²) in [5.41, 5.74) is 2.51. The minimum atomic E-state index is 0.308. The van der Waals surface area contributed by atoms with Gasteiger partial charge in [-0.3, -0.25) is 0 Å². The van der Waals surface area contributed by atoms with Gasteiger partial charge in [-0.1, -0.05) is 26.3 Å². The quantitative estimate of drug-likeness (QED) is 0.747. The molecule has 3 nitrogen and oxygen atoms in total. The fourth-order valence-corrected chi connectivity index (χ4v) is 2.57. The Hall–Kier alpha value is -1.22. The van der Waals surface area contributed by atoms with Crippen LogP contribution in [0.2, 0.25) is 0 Å². The number of hydrogen-bond acceptors (Lipinski definition) is 3. The Morgan fingerprint density at radius 1 is 1.40 bits per heavy atom. The lowest BCUT2D eigenvalue weighted by Crippen LogP contribution is -2.30. The Balaban J connectivity index is 1.91. The van der Waals surface area contributed by atoms with Crippen molar-refractivity contribution in [2.45, 2.75) is 58.6 Å². The van der Waals surface area contributed by atoms with Crippen LogP contribution in [0.4, 0.5) is 5.69 Å². The van der Waals surface area contributed by atoms with Gasteiger partial charge < -0.3 is 15.4 Å². The molecule has 2 atom stereocenters. The van der Waals surface area contributed by atoms with Crippen molar-refractivity contribution in [3.63, 3.8) is 0 Å². The van der Waals surface area contributed by atoms with Crippen molar-refractivity contribution < 1.29 is 4.74 Å². The molecule has 0 aliphatic carbocycles. The van der Waals surface area contributed by atoms with E-state index in [4.69, 9.17) is 4.74 Å². The molecule has 0 saturated heterocycles. The van der Waals surface area contributed by atoms with E-state index in [-0.39, 0.29) is 0 Å². The summed E-state index contributed by atoms with van der Waals surface area (Å²) in [6.45, 7) is 8.67. The van der Waals surface area contributed by atoms with Crippen LogP contribution in [0, 0.1) is 0 Å². The lowest BCUT2D eigenvalue weighted by molar-refractivity contribution is 0.202. The maximum absolute atomic E-state index is 5.94. The number of unbranched alkanes of at least 4 members (excludes halogenated alkanes) is 1. The normalized spacial score (nSPS) is 18.9. The highest BCUT2D eigenvalue weighted by Crippen LogP contribution is 2.30. The molecule has 1 aliphatic rings. The van der Waals surface area contributed by atoms with E-state index in [1.165, 1.54) is 18.4 Å². The Bertz CT molecular complexity index is 419. The maximum atomic E-state index is 5.94. The predicted octanol–water partition coefficient (Wildman–Crippen LogP) is 3.59. The lowest BCUT2D eigenvalue weighted by Gasteiger charge is -2.27. The summed E-state index contributed by atoms with van der Waals surface area (Å²) >= 11 is 0. The summed E-state index contributed by atoms with van der Waals surface area (Å²) in [4.78, 5) is 0. The fourth-order valence-electron chi connectivity index (χ4n) is 2.57. The van der Waals surface area contributed by atoms with Gasteiger partial charge in [-0.05, 0) is 50.4 Å². The van der Waals surface area contributed by atoms with E-state index in [9.17, 15) is 0 Å². The van der Waals surface area contributed by atoms with Gasteiger partial charge in [0, 0.05) is 6.04 Å². The lowest BCUT2D eigenvalue weighted by atomic mass is 10.0. The third-order valence-electron chi connectivity index (χ3n) is 3.88. The molecule has 20 heavy (non-hydrogen) atoms. The van der Waals surface area contributed by atoms with Gasteiger partial charge in [0.2, 0.25) is 0 Å². The number of nitrogens with one attached hydrogen (secondary N) is 2. The number of fused-ring (bicyclic) bond motifs is 1.